The number of carbonyl (C=O) groups excluding carboxylic acids is 2. The van der Waals surface area contributed by atoms with Crippen LogP contribution in [0.4, 0.5) is 0 Å². The Balaban J connectivity index is 3.02. The highest BCUT2D eigenvalue weighted by atomic mass is 28.4. The van der Waals surface area contributed by atoms with E-state index in [2.05, 4.69) is 67.7 Å². The molecule has 1 aromatic rings. The van der Waals surface area contributed by atoms with Gasteiger partial charge in [-0.25, -0.2) is 0 Å². The van der Waals surface area contributed by atoms with Crippen molar-refractivity contribution in [2.24, 2.45) is 0 Å². The van der Waals surface area contributed by atoms with E-state index in [4.69, 9.17) is 37.3 Å². The maximum absolute atomic E-state index is 13.2. The Kier molecular flexibility index (Phi) is 14.6. The van der Waals surface area contributed by atoms with E-state index in [0.29, 0.717) is 11.5 Å². The molecule has 50 heavy (non-hydrogen) atoms. The predicted octanol–water partition coefficient (Wildman–Crippen LogP) is 7.62. The van der Waals surface area contributed by atoms with Crippen LogP contribution in [0, 0.1) is 0 Å². The number of ether oxygens (including phenoxy) is 6. The Morgan fingerprint density at radius 1 is 0.940 bits per heavy atom. The Labute approximate surface area is 302 Å². The number of benzene rings is 1. The largest absolute Gasteiger partial charge is 0.545 e. The maximum Gasteiger partial charge on any atom is 0.305 e. The van der Waals surface area contributed by atoms with Gasteiger partial charge < -0.3 is 42.4 Å². The Bertz CT molecular complexity index is 1310. The summed E-state index contributed by atoms with van der Waals surface area (Å²) in [6.45, 7) is 28.8. The summed E-state index contributed by atoms with van der Waals surface area (Å²) in [6, 6.07) is 7.31. The molecule has 1 saturated heterocycles. The molecular formula is C37H64O11Si2. The molecular weight excluding hydrogens is 677 g/mol. The van der Waals surface area contributed by atoms with Crippen molar-refractivity contribution in [2.45, 2.75) is 161 Å². The van der Waals surface area contributed by atoms with Crippen LogP contribution in [0.5, 0.6) is 5.75 Å². The SMILES string of the molecule is COc1ccc(CO[C@](/C=C(\O[Si](C)(C)C(C)(C)C)[C@@H](CCO)O[Si](C)(C)C(C)(C)C)(OC(C)=O)[C@H]2OC(C)(C)O[C@H]2[C@H](C)OC(C)=O)cc1. The zero-order chi connectivity index (χ0) is 38.5. The van der Waals surface area contributed by atoms with Crippen molar-refractivity contribution in [2.75, 3.05) is 13.7 Å². The van der Waals surface area contributed by atoms with E-state index >= 15 is 0 Å². The van der Waals surface area contributed by atoms with Gasteiger partial charge in [-0.3, -0.25) is 9.59 Å². The third-order valence-corrected chi connectivity index (χ3v) is 18.6. The highest BCUT2D eigenvalue weighted by Crippen LogP contribution is 2.45. The summed E-state index contributed by atoms with van der Waals surface area (Å²) >= 11 is 0. The minimum absolute atomic E-state index is 0.0239. The third-order valence-electron chi connectivity index (χ3n) is 9.74. The van der Waals surface area contributed by atoms with Crippen LogP contribution in [-0.2, 0) is 48.7 Å². The molecule has 1 aliphatic rings. The van der Waals surface area contributed by atoms with Gasteiger partial charge in [0.1, 0.15) is 29.8 Å². The van der Waals surface area contributed by atoms with Gasteiger partial charge in [-0.1, -0.05) is 53.7 Å². The Hall–Kier alpha value is -2.27. The number of methoxy groups -OCH3 is 1. The van der Waals surface area contributed by atoms with Crippen molar-refractivity contribution in [1.82, 2.24) is 0 Å². The quantitative estimate of drug-likeness (QED) is 0.0778. The highest BCUT2D eigenvalue weighted by Gasteiger charge is 2.58. The molecule has 1 aromatic carbocycles. The number of rotatable bonds is 16. The molecule has 5 atom stereocenters. The fraction of sp³-hybridized carbons (Fsp3) is 0.730. The smallest absolute Gasteiger partial charge is 0.305 e. The van der Waals surface area contributed by atoms with Gasteiger partial charge in [0.2, 0.25) is 8.32 Å². The van der Waals surface area contributed by atoms with Crippen LogP contribution in [0.25, 0.3) is 0 Å². The first-order chi connectivity index (χ1) is 22.7. The number of hydrogen-bond acceptors (Lipinski definition) is 11. The second-order valence-electron chi connectivity index (χ2n) is 16.6. The molecule has 0 aromatic heterocycles. The normalized spacial score (nSPS) is 21.2. The van der Waals surface area contributed by atoms with Gasteiger partial charge in [0, 0.05) is 33.0 Å². The van der Waals surface area contributed by atoms with Gasteiger partial charge in [-0.15, -0.1) is 0 Å². The fourth-order valence-corrected chi connectivity index (χ4v) is 7.37. The van der Waals surface area contributed by atoms with Crippen molar-refractivity contribution in [3.8, 4) is 5.75 Å². The Morgan fingerprint density at radius 2 is 1.50 bits per heavy atom. The molecule has 2 rings (SSSR count). The number of hydrogen-bond donors (Lipinski definition) is 1. The summed E-state index contributed by atoms with van der Waals surface area (Å²) in [6.07, 6.45) is -1.79. The minimum atomic E-state index is -2.61. The molecule has 0 amide bonds. The zero-order valence-electron chi connectivity index (χ0n) is 33.3. The van der Waals surface area contributed by atoms with Gasteiger partial charge >= 0.3 is 11.9 Å². The molecule has 11 nitrogen and oxygen atoms in total. The molecule has 286 valence electrons. The third kappa shape index (κ3) is 11.6. The molecule has 0 radical (unpaired) electrons. The molecule has 0 aliphatic carbocycles. The second-order valence-corrected chi connectivity index (χ2v) is 26.1. The first-order valence-corrected chi connectivity index (χ1v) is 23.2. The molecule has 0 unspecified atom stereocenters. The molecule has 0 bridgehead atoms. The van der Waals surface area contributed by atoms with Crippen LogP contribution >= 0.6 is 0 Å². The van der Waals surface area contributed by atoms with Crippen molar-refractivity contribution in [3.05, 3.63) is 41.7 Å². The first kappa shape index (κ1) is 43.9. The van der Waals surface area contributed by atoms with Crippen LogP contribution in [0.3, 0.4) is 0 Å². The van der Waals surface area contributed by atoms with E-state index in [1.165, 1.54) is 13.8 Å². The summed E-state index contributed by atoms with van der Waals surface area (Å²) in [5.74, 6) is -3.30. The molecule has 1 heterocycles. The zero-order valence-corrected chi connectivity index (χ0v) is 35.3. The van der Waals surface area contributed by atoms with Crippen LogP contribution < -0.4 is 4.74 Å². The number of esters is 2. The van der Waals surface area contributed by atoms with Gasteiger partial charge in [0.15, 0.2) is 20.2 Å². The van der Waals surface area contributed by atoms with Crippen LogP contribution in [0.15, 0.2) is 36.1 Å². The number of carbonyl (C=O) groups is 2. The summed E-state index contributed by atoms with van der Waals surface area (Å²) in [5.41, 5.74) is 0.759. The highest BCUT2D eigenvalue weighted by molar-refractivity contribution is 6.74. The van der Waals surface area contributed by atoms with Gasteiger partial charge in [-0.05, 0) is 74.7 Å². The van der Waals surface area contributed by atoms with E-state index in [1.807, 2.05) is 24.3 Å². The average molecular weight is 741 g/mol. The molecule has 1 N–H and O–H groups in total. The molecule has 0 spiro atoms. The van der Waals surface area contributed by atoms with E-state index in [-0.39, 0.29) is 29.7 Å². The van der Waals surface area contributed by atoms with E-state index in [9.17, 15) is 14.7 Å². The second kappa shape index (κ2) is 16.6. The van der Waals surface area contributed by atoms with Gasteiger partial charge in [0.25, 0.3) is 5.79 Å². The number of aliphatic hydroxyl groups excluding tert-OH is 1. The predicted molar refractivity (Wildman–Crippen MR) is 197 cm³/mol. The first-order valence-electron chi connectivity index (χ1n) is 17.4. The lowest BCUT2D eigenvalue weighted by Crippen LogP contribution is -2.55. The molecule has 0 saturated carbocycles. The van der Waals surface area contributed by atoms with Crippen molar-refractivity contribution in [1.29, 1.82) is 0 Å². The summed E-state index contributed by atoms with van der Waals surface area (Å²) < 4.78 is 50.9. The van der Waals surface area contributed by atoms with Crippen LogP contribution in [0.1, 0.15) is 88.1 Å². The summed E-state index contributed by atoms with van der Waals surface area (Å²) in [5, 5.41) is 10.0. The minimum Gasteiger partial charge on any atom is -0.545 e. The fourth-order valence-electron chi connectivity index (χ4n) is 4.98. The van der Waals surface area contributed by atoms with Crippen molar-refractivity contribution < 1.29 is 52.0 Å². The average Bonchev–Trinajstić information content (AvgIpc) is 3.29. The lowest BCUT2D eigenvalue weighted by atomic mass is 9.98. The lowest BCUT2D eigenvalue weighted by Gasteiger charge is -2.44. The molecule has 13 heteroatoms. The maximum atomic E-state index is 13.2. The number of aliphatic hydroxyl groups is 1. The van der Waals surface area contributed by atoms with Gasteiger partial charge in [-0.2, -0.15) is 0 Å². The van der Waals surface area contributed by atoms with E-state index < -0.39 is 64.6 Å². The van der Waals surface area contributed by atoms with E-state index in [0.717, 1.165) is 5.56 Å². The lowest BCUT2D eigenvalue weighted by molar-refractivity contribution is -0.266. The van der Waals surface area contributed by atoms with Crippen LogP contribution in [-0.4, -0.2) is 83.4 Å². The summed E-state index contributed by atoms with van der Waals surface area (Å²) in [7, 11) is -3.50. The molecule has 1 fully saturated rings. The standard InChI is InChI=1S/C37H64O11Si2/c1-25(43-26(2)39)32-33(46-36(10,11)45-32)37(44-27(3)40,42-24-28-17-19-29(41-12)20-18-28)23-31(48-50(15,16)35(7,8)9)30(21-22-38)47-49(13,14)34(4,5)6/h17-20,23,25,30,32-33,38H,21-22,24H2,1-16H3/b31-23-/t25-,30+,32-,33-,37+/m0/s1. The summed E-state index contributed by atoms with van der Waals surface area (Å²) in [4.78, 5) is 25.3. The van der Waals surface area contributed by atoms with Crippen molar-refractivity contribution in [3.63, 3.8) is 0 Å². The van der Waals surface area contributed by atoms with Crippen molar-refractivity contribution >= 4 is 28.6 Å². The molecule has 1 aliphatic heterocycles. The topological polar surface area (TPSA) is 128 Å². The van der Waals surface area contributed by atoms with Gasteiger partial charge in [0.05, 0.1) is 13.7 Å². The van der Waals surface area contributed by atoms with E-state index in [1.54, 1.807) is 34.0 Å². The Morgan fingerprint density at radius 3 is 1.96 bits per heavy atom. The van der Waals surface area contributed by atoms with Crippen LogP contribution in [0.2, 0.25) is 36.3 Å². The monoisotopic (exact) mass is 740 g/mol.